The van der Waals surface area contributed by atoms with E-state index in [4.69, 9.17) is 21.1 Å². The number of carbonyl (C=O) groups is 2. The lowest BCUT2D eigenvalue weighted by atomic mass is 10.2. The molecule has 0 aliphatic rings. The van der Waals surface area contributed by atoms with Crippen molar-refractivity contribution in [3.63, 3.8) is 0 Å². The van der Waals surface area contributed by atoms with Crippen LogP contribution in [0.5, 0.6) is 5.75 Å². The topological polar surface area (TPSA) is 52.6 Å². The first-order chi connectivity index (χ1) is 11.0. The number of hydrogen-bond acceptors (Lipinski definition) is 4. The number of hydrogen-bond donors (Lipinski definition) is 0. The Labute approximate surface area is 142 Å². The molecule has 1 atom stereocenters. The predicted molar refractivity (Wildman–Crippen MR) is 89.3 cm³/mol. The van der Waals surface area contributed by atoms with E-state index in [-0.39, 0.29) is 24.9 Å². The summed E-state index contributed by atoms with van der Waals surface area (Å²) >= 11 is 5.96. The van der Waals surface area contributed by atoms with Crippen molar-refractivity contribution in [3.05, 3.63) is 28.8 Å². The molecule has 5 heteroatoms. The fraction of sp³-hybridized carbons (Fsp3) is 0.444. The number of ether oxygens (including phenoxy) is 2. The Hall–Kier alpha value is -1.99. The van der Waals surface area contributed by atoms with Gasteiger partial charge in [0.1, 0.15) is 5.75 Å². The van der Waals surface area contributed by atoms with Crippen molar-refractivity contribution in [2.45, 2.75) is 52.6 Å². The molecule has 0 amide bonds. The van der Waals surface area contributed by atoms with Crippen LogP contribution in [-0.4, -0.2) is 18.0 Å². The molecule has 1 aromatic rings. The Morgan fingerprint density at radius 2 is 1.96 bits per heavy atom. The van der Waals surface area contributed by atoms with Crippen molar-refractivity contribution >= 4 is 23.5 Å². The highest BCUT2D eigenvalue weighted by Crippen LogP contribution is 2.25. The van der Waals surface area contributed by atoms with Crippen LogP contribution in [0.15, 0.2) is 18.2 Å². The average molecular weight is 337 g/mol. The highest BCUT2D eigenvalue weighted by atomic mass is 35.5. The summed E-state index contributed by atoms with van der Waals surface area (Å²) in [4.78, 5) is 23.4. The van der Waals surface area contributed by atoms with Gasteiger partial charge >= 0.3 is 11.9 Å². The number of aryl methyl sites for hydroxylation is 1. The van der Waals surface area contributed by atoms with Crippen molar-refractivity contribution in [2.24, 2.45) is 0 Å². The first-order valence-electron chi connectivity index (χ1n) is 7.54. The molecular formula is C18H21ClO4. The highest BCUT2D eigenvalue weighted by molar-refractivity contribution is 6.32. The smallest absolute Gasteiger partial charge is 0.311 e. The summed E-state index contributed by atoms with van der Waals surface area (Å²) in [5.74, 6) is 5.08. The minimum atomic E-state index is -0.425. The van der Waals surface area contributed by atoms with Gasteiger partial charge in [0.15, 0.2) is 6.10 Å². The molecule has 0 aliphatic carbocycles. The monoisotopic (exact) mass is 336 g/mol. The summed E-state index contributed by atoms with van der Waals surface area (Å²) in [5, 5.41) is 0.382. The van der Waals surface area contributed by atoms with Crippen molar-refractivity contribution in [3.8, 4) is 17.6 Å². The molecule has 23 heavy (non-hydrogen) atoms. The maximum atomic E-state index is 11.8. The summed E-state index contributed by atoms with van der Waals surface area (Å²) in [5.41, 5.74) is 0.948. The molecular weight excluding hydrogens is 316 g/mol. The summed E-state index contributed by atoms with van der Waals surface area (Å²) < 4.78 is 10.4. The molecule has 0 fully saturated rings. The zero-order valence-electron chi connectivity index (χ0n) is 13.6. The van der Waals surface area contributed by atoms with Crippen LogP contribution in [0.3, 0.4) is 0 Å². The third-order valence-corrected chi connectivity index (χ3v) is 3.33. The second-order valence-electron chi connectivity index (χ2n) is 5.04. The van der Waals surface area contributed by atoms with E-state index in [0.717, 1.165) is 5.56 Å². The second kappa shape index (κ2) is 9.91. The van der Waals surface area contributed by atoms with E-state index in [2.05, 4.69) is 11.8 Å². The van der Waals surface area contributed by atoms with Gasteiger partial charge in [-0.25, -0.2) is 0 Å². The van der Waals surface area contributed by atoms with Gasteiger partial charge in [-0.2, -0.15) is 0 Å². The first kappa shape index (κ1) is 19.1. The standard InChI is InChI=1S/C18H21ClO4/c1-4-7-14(5-2)22-17(20)8-6-9-18(21)23-16-12-13(3)10-11-15(16)19/h10-12,14H,5-6,8-9H2,1-3H3. The largest absolute Gasteiger partial charge is 0.449 e. The highest BCUT2D eigenvalue weighted by Gasteiger charge is 2.13. The van der Waals surface area contributed by atoms with Crippen LogP contribution in [0, 0.1) is 18.8 Å². The van der Waals surface area contributed by atoms with Crippen molar-refractivity contribution in [1.82, 2.24) is 0 Å². The van der Waals surface area contributed by atoms with Crippen LogP contribution >= 0.6 is 11.6 Å². The molecule has 0 heterocycles. The molecule has 0 saturated carbocycles. The molecule has 1 aromatic carbocycles. The zero-order chi connectivity index (χ0) is 17.2. The normalized spacial score (nSPS) is 11.1. The lowest BCUT2D eigenvalue weighted by molar-refractivity contribution is -0.146. The molecule has 0 spiro atoms. The van der Waals surface area contributed by atoms with Gasteiger partial charge in [0.25, 0.3) is 0 Å². The third kappa shape index (κ3) is 7.21. The molecule has 1 unspecified atom stereocenters. The minimum Gasteiger partial charge on any atom is -0.449 e. The Balaban J connectivity index is 2.37. The molecule has 0 aromatic heterocycles. The SMILES string of the molecule is CC#CC(CC)OC(=O)CCCC(=O)Oc1cc(C)ccc1Cl. The van der Waals surface area contributed by atoms with Gasteiger partial charge in [-0.05, 0) is 44.4 Å². The van der Waals surface area contributed by atoms with E-state index in [9.17, 15) is 9.59 Å². The van der Waals surface area contributed by atoms with Gasteiger partial charge in [-0.1, -0.05) is 30.5 Å². The van der Waals surface area contributed by atoms with Gasteiger partial charge in [-0.3, -0.25) is 9.59 Å². The summed E-state index contributed by atoms with van der Waals surface area (Å²) in [6.45, 7) is 5.47. The second-order valence-corrected chi connectivity index (χ2v) is 5.45. The Morgan fingerprint density at radius 3 is 2.61 bits per heavy atom. The molecule has 4 nitrogen and oxygen atoms in total. The van der Waals surface area contributed by atoms with E-state index >= 15 is 0 Å². The summed E-state index contributed by atoms with van der Waals surface area (Å²) in [6, 6.07) is 5.21. The Kier molecular flexibility index (Phi) is 8.21. The third-order valence-electron chi connectivity index (χ3n) is 3.02. The number of esters is 2. The predicted octanol–water partition coefficient (Wildman–Crippen LogP) is 4.07. The van der Waals surface area contributed by atoms with Crippen LogP contribution in [0.2, 0.25) is 5.02 Å². The van der Waals surface area contributed by atoms with E-state index in [1.807, 2.05) is 19.9 Å². The van der Waals surface area contributed by atoms with Gasteiger partial charge in [0, 0.05) is 12.8 Å². The fourth-order valence-electron chi connectivity index (χ4n) is 1.83. The molecule has 1 rings (SSSR count). The number of rotatable bonds is 7. The van der Waals surface area contributed by atoms with E-state index < -0.39 is 5.97 Å². The summed E-state index contributed by atoms with van der Waals surface area (Å²) in [7, 11) is 0. The number of halogens is 1. The lowest BCUT2D eigenvalue weighted by Crippen LogP contribution is -2.16. The summed E-state index contributed by atoms with van der Waals surface area (Å²) in [6.07, 6.45) is 0.886. The van der Waals surface area contributed by atoms with Crippen molar-refractivity contribution in [2.75, 3.05) is 0 Å². The first-order valence-corrected chi connectivity index (χ1v) is 7.92. The van der Waals surface area contributed by atoms with Crippen LogP contribution in [-0.2, 0) is 14.3 Å². The lowest BCUT2D eigenvalue weighted by Gasteiger charge is -2.10. The zero-order valence-corrected chi connectivity index (χ0v) is 14.4. The quantitative estimate of drug-likeness (QED) is 0.428. The van der Waals surface area contributed by atoms with E-state index in [1.165, 1.54) is 0 Å². The van der Waals surface area contributed by atoms with E-state index in [0.29, 0.717) is 23.6 Å². The fourth-order valence-corrected chi connectivity index (χ4v) is 1.99. The molecule has 124 valence electrons. The van der Waals surface area contributed by atoms with Gasteiger partial charge < -0.3 is 9.47 Å². The van der Waals surface area contributed by atoms with Crippen LogP contribution in [0.25, 0.3) is 0 Å². The minimum absolute atomic E-state index is 0.121. The number of carbonyl (C=O) groups excluding carboxylic acids is 2. The Bertz CT molecular complexity index is 613. The maximum absolute atomic E-state index is 11.8. The van der Waals surface area contributed by atoms with Crippen LogP contribution < -0.4 is 4.74 Å². The van der Waals surface area contributed by atoms with Crippen molar-refractivity contribution < 1.29 is 19.1 Å². The number of benzene rings is 1. The molecule has 0 aliphatic heterocycles. The molecule has 0 N–H and O–H groups in total. The van der Waals surface area contributed by atoms with Crippen LogP contribution in [0.4, 0.5) is 0 Å². The van der Waals surface area contributed by atoms with Gasteiger partial charge in [0.05, 0.1) is 5.02 Å². The molecule has 0 bridgehead atoms. The molecule has 0 radical (unpaired) electrons. The Morgan fingerprint density at radius 1 is 1.26 bits per heavy atom. The van der Waals surface area contributed by atoms with Crippen LogP contribution in [0.1, 0.15) is 45.1 Å². The van der Waals surface area contributed by atoms with E-state index in [1.54, 1.807) is 19.1 Å². The maximum Gasteiger partial charge on any atom is 0.311 e. The average Bonchev–Trinajstić information content (AvgIpc) is 2.50. The van der Waals surface area contributed by atoms with Gasteiger partial charge in [0.2, 0.25) is 0 Å². The van der Waals surface area contributed by atoms with Gasteiger partial charge in [-0.15, -0.1) is 5.92 Å². The van der Waals surface area contributed by atoms with Crippen molar-refractivity contribution in [1.29, 1.82) is 0 Å². The molecule has 0 saturated heterocycles.